The first-order valence-electron chi connectivity index (χ1n) is 20.1. The third-order valence-electron chi connectivity index (χ3n) is 7.42. The van der Waals surface area contributed by atoms with Crippen molar-refractivity contribution < 1.29 is 42.7 Å². The van der Waals surface area contributed by atoms with Crippen LogP contribution in [0.2, 0.25) is 0 Å². The quantitative estimate of drug-likeness (QED) is 0.0185. The van der Waals surface area contributed by atoms with E-state index in [2.05, 4.69) is 73.8 Å². The predicted molar refractivity (Wildman–Crippen MR) is 230 cm³/mol. The molecule has 10 nitrogen and oxygen atoms in total. The van der Waals surface area contributed by atoms with Gasteiger partial charge in [0, 0.05) is 19.4 Å². The molecule has 0 fully saturated rings. The van der Waals surface area contributed by atoms with Gasteiger partial charge in [-0.05, 0) is 83.5 Å². The molecule has 3 atom stereocenters. The van der Waals surface area contributed by atoms with Gasteiger partial charge in [0.15, 0.2) is 6.10 Å². The molecule has 0 rings (SSSR count). The normalized spacial score (nSPS) is 15.2. The Bertz CT molecular complexity index is 1340. The molecule has 0 aliphatic heterocycles. The Morgan fingerprint density at radius 2 is 1.11 bits per heavy atom. The van der Waals surface area contributed by atoms with Crippen LogP contribution >= 0.6 is 7.82 Å². The van der Waals surface area contributed by atoms with E-state index in [4.69, 9.17) is 24.3 Å². The molecule has 0 aromatic heterocycles. The molecule has 4 N–H and O–H groups in total. The number of hydrogen-bond donors (Lipinski definition) is 3. The molecule has 0 radical (unpaired) electrons. The van der Waals surface area contributed by atoms with E-state index in [9.17, 15) is 24.2 Å². The Morgan fingerprint density at radius 1 is 0.625 bits per heavy atom. The standard InChI is InChI=1S/C45H70NO9P/c1-3-5-7-8-9-10-11-12-13-14-15-16-20-23-26-29-32-36-44(48)52-40-43(41-54-56(50,51)53-39-38-46)55-45(49)37-33-30-27-24-21-18-17-19-22-25-28-31-35-42(47)34-6-4-2/h5-7,9-10,12-13,15-18,22-28,31,34,42-43,47H,3-4,8,11,14,19-21,29-30,32-33,35-41,46H2,1-2H3,(H,50,51)/b7-5-,10-9-,13-12-,16-15-,18-17-,25-22-,26-23-,27-24-,31-28+,34-6-/t42?,43-/m1/s1. The van der Waals surface area contributed by atoms with Crippen LogP contribution in [0.15, 0.2) is 122 Å². The second-order valence-corrected chi connectivity index (χ2v) is 14.0. The molecule has 56 heavy (non-hydrogen) atoms. The maximum atomic E-state index is 12.5. The fourth-order valence-electron chi connectivity index (χ4n) is 4.49. The first-order valence-corrected chi connectivity index (χ1v) is 21.6. The van der Waals surface area contributed by atoms with Crippen LogP contribution in [0.5, 0.6) is 0 Å². The molecule has 0 heterocycles. The monoisotopic (exact) mass is 799 g/mol. The highest BCUT2D eigenvalue weighted by molar-refractivity contribution is 7.47. The van der Waals surface area contributed by atoms with Gasteiger partial charge in [-0.3, -0.25) is 18.6 Å². The number of hydrogen-bond acceptors (Lipinski definition) is 9. The summed E-state index contributed by atoms with van der Waals surface area (Å²) in [5.41, 5.74) is 5.33. The highest BCUT2D eigenvalue weighted by atomic mass is 31.2. The summed E-state index contributed by atoms with van der Waals surface area (Å²) in [4.78, 5) is 34.8. The smallest absolute Gasteiger partial charge is 0.462 e. The van der Waals surface area contributed by atoms with Crippen LogP contribution in [0, 0.1) is 0 Å². The number of carbonyl (C=O) groups excluding carboxylic acids is 2. The minimum absolute atomic E-state index is 0.0221. The summed E-state index contributed by atoms with van der Waals surface area (Å²) < 4.78 is 32.6. The highest BCUT2D eigenvalue weighted by Crippen LogP contribution is 2.43. The molecular weight excluding hydrogens is 729 g/mol. The van der Waals surface area contributed by atoms with Crippen LogP contribution in [0.3, 0.4) is 0 Å². The van der Waals surface area contributed by atoms with Gasteiger partial charge in [0.1, 0.15) is 6.61 Å². The first kappa shape index (κ1) is 52.4. The zero-order chi connectivity index (χ0) is 41.2. The molecule has 0 aliphatic carbocycles. The van der Waals surface area contributed by atoms with Crippen LogP contribution in [0.1, 0.15) is 110 Å². The lowest BCUT2D eigenvalue weighted by molar-refractivity contribution is -0.161. The first-order chi connectivity index (χ1) is 27.2. The molecule has 0 bridgehead atoms. The van der Waals surface area contributed by atoms with Crippen molar-refractivity contribution >= 4 is 19.8 Å². The number of unbranched alkanes of at least 4 members (excludes halogenated alkanes) is 2. The van der Waals surface area contributed by atoms with Crippen LogP contribution < -0.4 is 5.73 Å². The summed E-state index contributed by atoms with van der Waals surface area (Å²) in [6, 6.07) is 0. The Labute approximate surface area is 337 Å². The third kappa shape index (κ3) is 38.6. The molecule has 0 saturated heterocycles. The van der Waals surface area contributed by atoms with Crippen LogP contribution in [0.4, 0.5) is 0 Å². The summed E-state index contributed by atoms with van der Waals surface area (Å²) >= 11 is 0. The number of rotatable bonds is 35. The van der Waals surface area contributed by atoms with Gasteiger partial charge < -0.3 is 25.2 Å². The number of aliphatic hydroxyl groups excluding tert-OH is 1. The lowest BCUT2D eigenvalue weighted by Gasteiger charge is -2.19. The molecule has 314 valence electrons. The highest BCUT2D eigenvalue weighted by Gasteiger charge is 2.25. The van der Waals surface area contributed by atoms with E-state index >= 15 is 0 Å². The average Bonchev–Trinajstić information content (AvgIpc) is 3.18. The summed E-state index contributed by atoms with van der Waals surface area (Å²) in [5.74, 6) is -1.01. The van der Waals surface area contributed by atoms with Gasteiger partial charge in [0.05, 0.1) is 19.3 Å². The third-order valence-corrected chi connectivity index (χ3v) is 8.40. The SMILES string of the molecule is CC/C=C\C/C=C\C/C=C\C/C=C\C/C=C\CCCC(=O)OC[C@H](COP(=O)(O)OCCN)OC(=O)CCC/C=C\C/C=C\C/C=C\C=C\CC(O)/C=C\CC. The van der Waals surface area contributed by atoms with E-state index in [1.807, 2.05) is 61.6 Å². The molecular formula is C45H70NO9P. The number of aliphatic hydroxyl groups is 1. The zero-order valence-electron chi connectivity index (χ0n) is 33.9. The fraction of sp³-hybridized carbons (Fsp3) is 0.511. The van der Waals surface area contributed by atoms with E-state index in [1.165, 1.54) is 0 Å². The second kappa shape index (κ2) is 39.6. The lowest BCUT2D eigenvalue weighted by Crippen LogP contribution is -2.29. The number of ether oxygens (including phenoxy) is 2. The lowest BCUT2D eigenvalue weighted by atomic mass is 10.2. The van der Waals surface area contributed by atoms with Gasteiger partial charge in [-0.2, -0.15) is 0 Å². The van der Waals surface area contributed by atoms with Crippen molar-refractivity contribution in [3.63, 3.8) is 0 Å². The summed E-state index contributed by atoms with van der Waals surface area (Å²) in [5, 5.41) is 9.76. The number of phosphoric acid groups is 1. The molecule has 2 unspecified atom stereocenters. The summed E-state index contributed by atoms with van der Waals surface area (Å²) in [6.07, 6.45) is 50.1. The number of esters is 2. The number of carbonyl (C=O) groups is 2. The topological polar surface area (TPSA) is 155 Å². The molecule has 0 aliphatic rings. The Morgan fingerprint density at radius 3 is 1.64 bits per heavy atom. The van der Waals surface area contributed by atoms with Crippen molar-refractivity contribution in [2.75, 3.05) is 26.4 Å². The van der Waals surface area contributed by atoms with Crippen molar-refractivity contribution in [2.24, 2.45) is 5.73 Å². The molecule has 0 aromatic rings. The van der Waals surface area contributed by atoms with E-state index < -0.39 is 38.6 Å². The van der Waals surface area contributed by atoms with E-state index in [0.29, 0.717) is 32.1 Å². The van der Waals surface area contributed by atoms with Crippen LogP contribution in [0.25, 0.3) is 0 Å². The second-order valence-electron chi connectivity index (χ2n) is 12.6. The largest absolute Gasteiger partial charge is 0.472 e. The Balaban J connectivity index is 4.46. The van der Waals surface area contributed by atoms with E-state index in [1.54, 1.807) is 0 Å². The summed E-state index contributed by atoms with van der Waals surface area (Å²) in [7, 11) is -4.42. The maximum absolute atomic E-state index is 12.5. The van der Waals surface area contributed by atoms with E-state index in [-0.39, 0.29) is 32.6 Å². The molecule has 0 aromatic carbocycles. The van der Waals surface area contributed by atoms with Crippen LogP contribution in [-0.2, 0) is 32.7 Å². The van der Waals surface area contributed by atoms with Gasteiger partial charge >= 0.3 is 19.8 Å². The van der Waals surface area contributed by atoms with Crippen molar-refractivity contribution in [1.29, 1.82) is 0 Å². The number of allylic oxidation sites excluding steroid dienone is 18. The van der Waals surface area contributed by atoms with Gasteiger partial charge in [0.2, 0.25) is 0 Å². The van der Waals surface area contributed by atoms with Gasteiger partial charge in [-0.1, -0.05) is 135 Å². The van der Waals surface area contributed by atoms with E-state index in [0.717, 1.165) is 51.4 Å². The van der Waals surface area contributed by atoms with Gasteiger partial charge in [0.25, 0.3) is 0 Å². The van der Waals surface area contributed by atoms with Crippen molar-refractivity contribution in [1.82, 2.24) is 0 Å². The summed E-state index contributed by atoms with van der Waals surface area (Å²) in [6.45, 7) is 3.19. The number of nitrogens with two attached hydrogens (primary N) is 1. The minimum Gasteiger partial charge on any atom is -0.462 e. The fourth-order valence-corrected chi connectivity index (χ4v) is 5.25. The van der Waals surface area contributed by atoms with Gasteiger partial charge in [-0.25, -0.2) is 4.57 Å². The maximum Gasteiger partial charge on any atom is 0.472 e. The van der Waals surface area contributed by atoms with Crippen molar-refractivity contribution in [3.8, 4) is 0 Å². The average molecular weight is 800 g/mol. The van der Waals surface area contributed by atoms with Gasteiger partial charge in [-0.15, -0.1) is 0 Å². The Kier molecular flexibility index (Phi) is 37.0. The molecule has 11 heteroatoms. The molecule has 0 amide bonds. The molecule has 0 saturated carbocycles. The minimum atomic E-state index is -4.42. The zero-order valence-corrected chi connectivity index (χ0v) is 34.8. The molecule has 0 spiro atoms. The number of phosphoric ester groups is 1. The van der Waals surface area contributed by atoms with Crippen LogP contribution in [-0.4, -0.2) is 60.5 Å². The predicted octanol–water partition coefficient (Wildman–Crippen LogP) is 10.3. The van der Waals surface area contributed by atoms with Crippen molar-refractivity contribution in [2.45, 2.75) is 122 Å². The Hall–Kier alpha value is -3.63. The van der Waals surface area contributed by atoms with Crippen molar-refractivity contribution in [3.05, 3.63) is 122 Å².